The van der Waals surface area contributed by atoms with Crippen molar-refractivity contribution in [3.8, 4) is 5.88 Å². The molecule has 5 nitrogen and oxygen atoms in total. The molecule has 2 aromatic rings. The molecular weight excluding hydrogens is 330 g/mol. The number of benzene rings is 1. The van der Waals surface area contributed by atoms with Gasteiger partial charge in [-0.25, -0.2) is 13.8 Å². The van der Waals surface area contributed by atoms with Crippen LogP contribution >= 0.6 is 0 Å². The molecule has 0 radical (unpaired) electrons. The molecule has 1 aromatic carbocycles. The van der Waals surface area contributed by atoms with E-state index in [-0.39, 0.29) is 24.2 Å². The fraction of sp³-hybridized carbons (Fsp3) is 0.278. The highest BCUT2D eigenvalue weighted by molar-refractivity contribution is 6.21. The number of hydrogen-bond acceptors (Lipinski definition) is 4. The van der Waals surface area contributed by atoms with E-state index in [1.807, 2.05) is 0 Å². The zero-order valence-electron chi connectivity index (χ0n) is 13.8. The third kappa shape index (κ3) is 3.50. The normalized spacial score (nSPS) is 14.0. The van der Waals surface area contributed by atoms with E-state index in [9.17, 15) is 18.4 Å². The Labute approximate surface area is 143 Å². The van der Waals surface area contributed by atoms with Gasteiger partial charge in [0.25, 0.3) is 17.7 Å². The predicted octanol–water partition coefficient (Wildman–Crippen LogP) is 3.22. The van der Waals surface area contributed by atoms with E-state index in [1.54, 1.807) is 37.3 Å². The Bertz CT molecular complexity index is 811. The summed E-state index contributed by atoms with van der Waals surface area (Å²) < 4.78 is 30.8. The number of imide groups is 1. The van der Waals surface area contributed by atoms with Gasteiger partial charge in [-0.3, -0.25) is 14.5 Å². The first kappa shape index (κ1) is 17.0. The van der Waals surface area contributed by atoms with Crippen LogP contribution in [0.5, 0.6) is 5.88 Å². The number of halogens is 2. The van der Waals surface area contributed by atoms with Crippen LogP contribution < -0.4 is 4.74 Å². The third-order valence-corrected chi connectivity index (χ3v) is 3.77. The highest BCUT2D eigenvalue weighted by Gasteiger charge is 2.35. The average molecular weight is 346 g/mol. The van der Waals surface area contributed by atoms with Gasteiger partial charge in [0.2, 0.25) is 5.88 Å². The topological polar surface area (TPSA) is 59.5 Å². The Morgan fingerprint density at radius 1 is 1.16 bits per heavy atom. The van der Waals surface area contributed by atoms with Crippen molar-refractivity contribution in [2.75, 3.05) is 6.61 Å². The maximum Gasteiger partial charge on any atom is 0.278 e. The van der Waals surface area contributed by atoms with Gasteiger partial charge in [0.1, 0.15) is 0 Å². The summed E-state index contributed by atoms with van der Waals surface area (Å²) in [7, 11) is 0. The van der Waals surface area contributed by atoms with Gasteiger partial charge in [-0.1, -0.05) is 12.1 Å². The van der Waals surface area contributed by atoms with Crippen LogP contribution in [0.15, 0.2) is 36.5 Å². The summed E-state index contributed by atoms with van der Waals surface area (Å²) in [6.45, 7) is 1.73. The fourth-order valence-corrected chi connectivity index (χ4v) is 2.62. The van der Waals surface area contributed by atoms with Crippen molar-refractivity contribution < 1.29 is 23.1 Å². The lowest BCUT2D eigenvalue weighted by Crippen LogP contribution is -2.29. The van der Waals surface area contributed by atoms with E-state index < -0.39 is 12.5 Å². The highest BCUT2D eigenvalue weighted by Crippen LogP contribution is 2.25. The number of aryl methyl sites for hydroxylation is 1. The molecule has 1 aromatic heterocycles. The second-order valence-electron chi connectivity index (χ2n) is 6.07. The summed E-state index contributed by atoms with van der Waals surface area (Å²) in [5.41, 5.74) is 1.92. The maximum absolute atomic E-state index is 12.9. The molecule has 1 aliphatic rings. The first-order chi connectivity index (χ1) is 11.8. The van der Waals surface area contributed by atoms with Crippen molar-refractivity contribution in [1.82, 2.24) is 9.88 Å². The van der Waals surface area contributed by atoms with Crippen LogP contribution in [0.1, 0.15) is 38.8 Å². The number of ether oxygens (including phenoxy) is 1. The number of aromatic nitrogens is 1. The van der Waals surface area contributed by atoms with E-state index in [0.717, 1.165) is 11.8 Å². The number of fused-ring (bicyclic) bond motifs is 1. The Kier molecular flexibility index (Phi) is 4.24. The number of carbonyl (C=O) groups excluding carboxylic acids is 2. The number of hydrogen-bond donors (Lipinski definition) is 0. The first-order valence-corrected chi connectivity index (χ1v) is 7.67. The number of nitrogens with zero attached hydrogens (tertiary/aromatic N) is 2. The molecule has 3 rings (SSSR count). The lowest BCUT2D eigenvalue weighted by molar-refractivity contribution is -0.0244. The van der Waals surface area contributed by atoms with Gasteiger partial charge in [-0.05, 0) is 30.7 Å². The molecule has 0 bridgehead atoms. The second-order valence-corrected chi connectivity index (χ2v) is 6.07. The molecule has 0 N–H and O–H groups in total. The number of pyridine rings is 1. The molecule has 2 amide bonds. The molecule has 0 atom stereocenters. The smallest absolute Gasteiger partial charge is 0.278 e. The third-order valence-electron chi connectivity index (χ3n) is 3.77. The van der Waals surface area contributed by atoms with Gasteiger partial charge in [0.05, 0.1) is 17.7 Å². The zero-order chi connectivity index (χ0) is 18.2. The summed E-state index contributed by atoms with van der Waals surface area (Å²) in [6, 6.07) is 8.30. The Morgan fingerprint density at radius 3 is 2.28 bits per heavy atom. The summed E-state index contributed by atoms with van der Waals surface area (Å²) >= 11 is 0. The summed E-state index contributed by atoms with van der Waals surface area (Å²) in [6.07, 6.45) is 1.42. The lowest BCUT2D eigenvalue weighted by atomic mass is 10.1. The van der Waals surface area contributed by atoms with Crippen LogP contribution in [-0.2, 0) is 6.54 Å². The van der Waals surface area contributed by atoms with Crippen molar-refractivity contribution in [2.24, 2.45) is 0 Å². The summed E-state index contributed by atoms with van der Waals surface area (Å²) in [5.74, 6) is -3.56. The SMILES string of the molecule is Cc1cc(CN2C(=O)c3ccccc3C2=O)cnc1OCC(C)(F)F. The number of amides is 2. The molecule has 0 fully saturated rings. The van der Waals surface area contributed by atoms with Gasteiger partial charge >= 0.3 is 0 Å². The minimum absolute atomic E-state index is 0.0599. The molecule has 1 aliphatic heterocycles. The molecular formula is C18H16F2N2O3. The van der Waals surface area contributed by atoms with Crippen LogP contribution in [0.2, 0.25) is 0 Å². The average Bonchev–Trinajstić information content (AvgIpc) is 2.79. The molecule has 0 aliphatic carbocycles. The minimum Gasteiger partial charge on any atom is -0.471 e. The zero-order valence-corrected chi connectivity index (χ0v) is 13.8. The number of carbonyl (C=O) groups is 2. The van der Waals surface area contributed by atoms with Crippen LogP contribution in [0.4, 0.5) is 8.78 Å². The van der Waals surface area contributed by atoms with Crippen molar-refractivity contribution >= 4 is 11.8 Å². The van der Waals surface area contributed by atoms with Gasteiger partial charge in [-0.15, -0.1) is 0 Å². The minimum atomic E-state index is -2.95. The van der Waals surface area contributed by atoms with Crippen LogP contribution in [0.25, 0.3) is 0 Å². The van der Waals surface area contributed by atoms with Gasteiger partial charge < -0.3 is 4.74 Å². The van der Waals surface area contributed by atoms with Gasteiger partial charge in [0, 0.05) is 18.7 Å². The van der Waals surface area contributed by atoms with Crippen molar-refractivity contribution in [3.63, 3.8) is 0 Å². The fourth-order valence-electron chi connectivity index (χ4n) is 2.62. The molecule has 2 heterocycles. The van der Waals surface area contributed by atoms with Crippen molar-refractivity contribution in [1.29, 1.82) is 0 Å². The molecule has 25 heavy (non-hydrogen) atoms. The lowest BCUT2D eigenvalue weighted by Gasteiger charge is -2.16. The Balaban J connectivity index is 1.75. The largest absolute Gasteiger partial charge is 0.471 e. The van der Waals surface area contributed by atoms with Crippen LogP contribution in [0.3, 0.4) is 0 Å². The van der Waals surface area contributed by atoms with E-state index >= 15 is 0 Å². The molecule has 0 saturated carbocycles. The first-order valence-electron chi connectivity index (χ1n) is 7.67. The Hall–Kier alpha value is -2.83. The summed E-state index contributed by atoms with van der Waals surface area (Å²) in [4.78, 5) is 29.9. The van der Waals surface area contributed by atoms with Crippen LogP contribution in [-0.4, -0.2) is 34.2 Å². The Morgan fingerprint density at radius 2 is 1.76 bits per heavy atom. The standard InChI is InChI=1S/C18H16F2N2O3/c1-11-7-12(8-21-15(11)25-10-18(2,19)20)9-22-16(23)13-5-3-4-6-14(13)17(22)24/h3-8H,9-10H2,1-2H3. The molecule has 0 unspecified atom stereocenters. The van der Waals surface area contributed by atoms with E-state index in [1.165, 1.54) is 6.20 Å². The number of rotatable bonds is 5. The van der Waals surface area contributed by atoms with E-state index in [4.69, 9.17) is 4.74 Å². The highest BCUT2D eigenvalue weighted by atomic mass is 19.3. The molecule has 0 spiro atoms. The van der Waals surface area contributed by atoms with E-state index in [2.05, 4.69) is 4.98 Å². The molecule has 130 valence electrons. The predicted molar refractivity (Wildman–Crippen MR) is 85.7 cm³/mol. The summed E-state index contributed by atoms with van der Waals surface area (Å²) in [5, 5.41) is 0. The maximum atomic E-state index is 12.9. The monoisotopic (exact) mass is 346 g/mol. The second kappa shape index (κ2) is 6.23. The van der Waals surface area contributed by atoms with E-state index in [0.29, 0.717) is 22.3 Å². The van der Waals surface area contributed by atoms with Crippen molar-refractivity contribution in [2.45, 2.75) is 26.3 Å². The quantitative estimate of drug-likeness (QED) is 0.780. The van der Waals surface area contributed by atoms with Crippen LogP contribution in [0, 0.1) is 6.92 Å². The van der Waals surface area contributed by atoms with Gasteiger partial charge in [-0.2, -0.15) is 0 Å². The number of alkyl halides is 2. The van der Waals surface area contributed by atoms with Gasteiger partial charge in [0.15, 0.2) is 6.61 Å². The van der Waals surface area contributed by atoms with Crippen molar-refractivity contribution in [3.05, 3.63) is 58.8 Å². The molecule has 0 saturated heterocycles. The molecule has 7 heteroatoms.